The van der Waals surface area contributed by atoms with Gasteiger partial charge in [-0.25, -0.2) is 8.42 Å². The van der Waals surface area contributed by atoms with Crippen molar-refractivity contribution in [2.45, 2.75) is 17.9 Å². The maximum atomic E-state index is 11.5. The molecule has 2 aromatic carbocycles. The van der Waals surface area contributed by atoms with Crippen molar-refractivity contribution >= 4 is 9.84 Å². The zero-order chi connectivity index (χ0) is 14.0. The molecule has 2 N–H and O–H groups in total. The van der Waals surface area contributed by atoms with E-state index >= 15 is 0 Å². The second-order valence-electron chi connectivity index (χ2n) is 4.71. The molecule has 0 aromatic heterocycles. The third-order valence-corrected chi connectivity index (χ3v) is 4.14. The van der Waals surface area contributed by atoms with Crippen LogP contribution in [0, 0.1) is 0 Å². The van der Waals surface area contributed by atoms with Crippen LogP contribution in [0.5, 0.6) is 0 Å². The maximum Gasteiger partial charge on any atom is 0.175 e. The average molecular weight is 275 g/mol. The number of rotatable bonds is 3. The van der Waals surface area contributed by atoms with Crippen molar-refractivity contribution < 1.29 is 8.42 Å². The SMILES string of the molecule is CC(N)c1ccc(-c2cccc(S(C)(=O)=O)c2)cc1. The Labute approximate surface area is 114 Å². The van der Waals surface area contributed by atoms with Gasteiger partial charge in [0.15, 0.2) is 9.84 Å². The first-order chi connectivity index (χ1) is 8.88. The molecule has 0 fully saturated rings. The topological polar surface area (TPSA) is 60.2 Å². The Balaban J connectivity index is 2.42. The Morgan fingerprint density at radius 3 is 2.16 bits per heavy atom. The van der Waals surface area contributed by atoms with Crippen LogP contribution in [0.1, 0.15) is 18.5 Å². The molecule has 0 radical (unpaired) electrons. The zero-order valence-corrected chi connectivity index (χ0v) is 11.8. The van der Waals surface area contributed by atoms with Gasteiger partial charge in [0, 0.05) is 12.3 Å². The van der Waals surface area contributed by atoms with Gasteiger partial charge in [-0.1, -0.05) is 36.4 Å². The predicted octanol–water partition coefficient (Wildman–Crippen LogP) is 2.78. The largest absolute Gasteiger partial charge is 0.324 e. The first kappa shape index (κ1) is 13.8. The highest BCUT2D eigenvalue weighted by Gasteiger charge is 2.08. The van der Waals surface area contributed by atoms with Crippen LogP contribution in [0.15, 0.2) is 53.4 Å². The summed E-state index contributed by atoms with van der Waals surface area (Å²) in [6, 6.07) is 14.8. The lowest BCUT2D eigenvalue weighted by atomic mass is 10.0. The molecule has 0 heterocycles. The Morgan fingerprint density at radius 1 is 1.00 bits per heavy atom. The van der Waals surface area contributed by atoms with E-state index in [1.165, 1.54) is 6.26 Å². The smallest absolute Gasteiger partial charge is 0.175 e. The molecule has 1 atom stereocenters. The molecule has 2 aromatic rings. The van der Waals surface area contributed by atoms with Crippen LogP contribution in [0.25, 0.3) is 11.1 Å². The number of nitrogens with two attached hydrogens (primary N) is 1. The monoisotopic (exact) mass is 275 g/mol. The van der Waals surface area contributed by atoms with Gasteiger partial charge in [0.2, 0.25) is 0 Å². The first-order valence-electron chi connectivity index (χ1n) is 6.04. The van der Waals surface area contributed by atoms with Gasteiger partial charge < -0.3 is 5.73 Å². The molecule has 0 aliphatic heterocycles. The lowest BCUT2D eigenvalue weighted by molar-refractivity contribution is 0.602. The fourth-order valence-electron chi connectivity index (χ4n) is 1.89. The van der Waals surface area contributed by atoms with Crippen LogP contribution in [-0.2, 0) is 9.84 Å². The van der Waals surface area contributed by atoms with Crippen LogP contribution in [0.4, 0.5) is 0 Å². The van der Waals surface area contributed by atoms with Crippen molar-refractivity contribution in [2.75, 3.05) is 6.26 Å². The molecule has 3 nitrogen and oxygen atoms in total. The molecule has 100 valence electrons. The molecule has 0 aliphatic carbocycles. The Hall–Kier alpha value is -1.65. The Bertz CT molecular complexity index is 674. The lowest BCUT2D eigenvalue weighted by Gasteiger charge is -2.08. The van der Waals surface area contributed by atoms with Crippen LogP contribution in [0.3, 0.4) is 0 Å². The van der Waals surface area contributed by atoms with Gasteiger partial charge in [-0.05, 0) is 35.7 Å². The Kier molecular flexibility index (Phi) is 3.73. The predicted molar refractivity (Wildman–Crippen MR) is 77.6 cm³/mol. The molecule has 0 bridgehead atoms. The van der Waals surface area contributed by atoms with Gasteiger partial charge >= 0.3 is 0 Å². The summed E-state index contributed by atoms with van der Waals surface area (Å²) in [6.45, 7) is 1.93. The third kappa shape index (κ3) is 3.22. The van der Waals surface area contributed by atoms with Crippen molar-refractivity contribution in [3.05, 3.63) is 54.1 Å². The van der Waals surface area contributed by atoms with Crippen LogP contribution >= 0.6 is 0 Å². The molecule has 2 rings (SSSR count). The summed E-state index contributed by atoms with van der Waals surface area (Å²) in [7, 11) is -3.17. The van der Waals surface area contributed by atoms with E-state index in [2.05, 4.69) is 0 Å². The van der Waals surface area contributed by atoms with E-state index in [0.29, 0.717) is 4.90 Å². The van der Waals surface area contributed by atoms with Crippen LogP contribution < -0.4 is 5.73 Å². The van der Waals surface area contributed by atoms with E-state index in [-0.39, 0.29) is 6.04 Å². The van der Waals surface area contributed by atoms with Gasteiger partial charge in [0.05, 0.1) is 4.90 Å². The van der Waals surface area contributed by atoms with Crippen LogP contribution in [-0.4, -0.2) is 14.7 Å². The minimum Gasteiger partial charge on any atom is -0.324 e. The van der Waals surface area contributed by atoms with E-state index < -0.39 is 9.84 Å². The molecular weight excluding hydrogens is 258 g/mol. The van der Waals surface area contributed by atoms with Crippen molar-refractivity contribution in [1.29, 1.82) is 0 Å². The molecule has 0 amide bonds. The third-order valence-electron chi connectivity index (χ3n) is 3.03. The van der Waals surface area contributed by atoms with Crippen LogP contribution in [0.2, 0.25) is 0 Å². The summed E-state index contributed by atoms with van der Waals surface area (Å²) >= 11 is 0. The highest BCUT2D eigenvalue weighted by Crippen LogP contribution is 2.23. The molecule has 4 heteroatoms. The van der Waals surface area contributed by atoms with Crippen molar-refractivity contribution in [3.63, 3.8) is 0 Å². The summed E-state index contributed by atoms with van der Waals surface area (Å²) in [4.78, 5) is 0.335. The molecular formula is C15H17NO2S. The minimum atomic E-state index is -3.17. The van der Waals surface area contributed by atoms with Crippen molar-refractivity contribution in [1.82, 2.24) is 0 Å². The number of benzene rings is 2. The highest BCUT2D eigenvalue weighted by atomic mass is 32.2. The molecule has 1 unspecified atom stereocenters. The molecule has 0 saturated heterocycles. The molecule has 0 aliphatic rings. The minimum absolute atomic E-state index is 0.00333. The van der Waals surface area contributed by atoms with E-state index in [9.17, 15) is 8.42 Å². The molecule has 0 saturated carbocycles. The number of hydrogen-bond donors (Lipinski definition) is 1. The van der Waals surface area contributed by atoms with Crippen molar-refractivity contribution in [3.8, 4) is 11.1 Å². The molecule has 0 spiro atoms. The van der Waals surface area contributed by atoms with E-state index in [1.54, 1.807) is 18.2 Å². The average Bonchev–Trinajstić information content (AvgIpc) is 2.38. The van der Waals surface area contributed by atoms with E-state index in [4.69, 9.17) is 5.73 Å². The van der Waals surface area contributed by atoms with Gasteiger partial charge in [-0.2, -0.15) is 0 Å². The fraction of sp³-hybridized carbons (Fsp3) is 0.200. The zero-order valence-electron chi connectivity index (χ0n) is 11.0. The maximum absolute atomic E-state index is 11.5. The summed E-state index contributed by atoms with van der Waals surface area (Å²) in [5, 5.41) is 0. The second-order valence-corrected chi connectivity index (χ2v) is 6.73. The van der Waals surface area contributed by atoms with Gasteiger partial charge in [0.25, 0.3) is 0 Å². The van der Waals surface area contributed by atoms with E-state index in [0.717, 1.165) is 16.7 Å². The lowest BCUT2D eigenvalue weighted by Crippen LogP contribution is -2.04. The highest BCUT2D eigenvalue weighted by molar-refractivity contribution is 7.90. The Morgan fingerprint density at radius 2 is 1.63 bits per heavy atom. The summed E-state index contributed by atoms with van der Waals surface area (Å²) in [5.74, 6) is 0. The normalized spacial score (nSPS) is 13.2. The first-order valence-corrected chi connectivity index (χ1v) is 7.93. The van der Waals surface area contributed by atoms with Gasteiger partial charge in [0.1, 0.15) is 0 Å². The fourth-order valence-corrected chi connectivity index (χ4v) is 2.55. The van der Waals surface area contributed by atoms with E-state index in [1.807, 2.05) is 37.3 Å². The summed E-state index contributed by atoms with van der Waals surface area (Å²) in [6.07, 6.45) is 1.21. The van der Waals surface area contributed by atoms with Crippen molar-refractivity contribution in [2.24, 2.45) is 5.73 Å². The standard InChI is InChI=1S/C15H17NO2S/c1-11(16)12-6-8-13(9-7-12)14-4-3-5-15(10-14)19(2,17)18/h3-11H,16H2,1-2H3. The quantitative estimate of drug-likeness (QED) is 0.937. The second kappa shape index (κ2) is 5.15. The molecule has 19 heavy (non-hydrogen) atoms. The summed E-state index contributed by atoms with van der Waals surface area (Å²) in [5.41, 5.74) is 8.73. The summed E-state index contributed by atoms with van der Waals surface area (Å²) < 4.78 is 23.1. The number of hydrogen-bond acceptors (Lipinski definition) is 3. The van der Waals surface area contributed by atoms with Gasteiger partial charge in [-0.15, -0.1) is 0 Å². The number of sulfone groups is 1. The van der Waals surface area contributed by atoms with Gasteiger partial charge in [-0.3, -0.25) is 0 Å².